The van der Waals surface area contributed by atoms with Crippen molar-refractivity contribution in [3.8, 4) is 0 Å². The number of carbonyl (C=O) groups is 3. The number of esters is 1. The number of amides is 1. The molecule has 0 spiro atoms. The van der Waals surface area contributed by atoms with E-state index in [9.17, 15) is 14.4 Å². The van der Waals surface area contributed by atoms with Crippen molar-refractivity contribution >= 4 is 29.2 Å². The van der Waals surface area contributed by atoms with Gasteiger partial charge in [0.05, 0.1) is 19.7 Å². The van der Waals surface area contributed by atoms with Gasteiger partial charge in [0.2, 0.25) is 5.78 Å². The largest absolute Gasteiger partial charge is 0.454 e. The normalized spacial score (nSPS) is 22.1. The minimum Gasteiger partial charge on any atom is -0.454 e. The van der Waals surface area contributed by atoms with Gasteiger partial charge < -0.3 is 19.3 Å². The van der Waals surface area contributed by atoms with Crippen molar-refractivity contribution in [2.45, 2.75) is 31.9 Å². The van der Waals surface area contributed by atoms with E-state index in [1.807, 2.05) is 60.7 Å². The van der Waals surface area contributed by atoms with Crippen molar-refractivity contribution in [2.24, 2.45) is 5.92 Å². The second-order valence-corrected chi connectivity index (χ2v) is 10.6. The molecule has 3 heterocycles. The SMILES string of the molecule is CCOC(=O)Nc1ccc(C(=O)C[N+]23CCC(CC2)[C@@H](OC(=O)[C@H](Nc2ccccc2)c2ccccc2)C3)cc1. The third-order valence-corrected chi connectivity index (χ3v) is 7.97. The van der Waals surface area contributed by atoms with Crippen LogP contribution in [0.25, 0.3) is 0 Å². The minimum atomic E-state index is -0.629. The molecule has 0 saturated carbocycles. The summed E-state index contributed by atoms with van der Waals surface area (Å²) in [6, 6.07) is 25.5. The van der Waals surface area contributed by atoms with Gasteiger partial charge in [-0.05, 0) is 48.9 Å². The summed E-state index contributed by atoms with van der Waals surface area (Å²) in [5, 5.41) is 5.99. The molecule has 1 amide bonds. The van der Waals surface area contributed by atoms with Crippen LogP contribution < -0.4 is 10.6 Å². The highest BCUT2D eigenvalue weighted by Gasteiger charge is 2.49. The van der Waals surface area contributed by atoms with Gasteiger partial charge in [-0.25, -0.2) is 9.59 Å². The molecule has 2 N–H and O–H groups in total. The number of carbonyl (C=O) groups excluding carboxylic acids is 3. The van der Waals surface area contributed by atoms with E-state index in [0.717, 1.165) is 37.2 Å². The van der Waals surface area contributed by atoms with Crippen LogP contribution in [0.1, 0.15) is 41.7 Å². The number of hydrogen-bond acceptors (Lipinski definition) is 6. The Balaban J connectivity index is 1.25. The van der Waals surface area contributed by atoms with Crippen LogP contribution in [-0.4, -0.2) is 61.2 Å². The van der Waals surface area contributed by atoms with Gasteiger partial charge in [-0.3, -0.25) is 10.1 Å². The second kappa shape index (κ2) is 12.3. The average molecular weight is 543 g/mol. The summed E-state index contributed by atoms with van der Waals surface area (Å²) in [6.07, 6.45) is 1.10. The molecule has 0 unspecified atom stereocenters. The fraction of sp³-hybridized carbons (Fsp3) is 0.344. The van der Waals surface area contributed by atoms with Crippen LogP contribution in [0.5, 0.6) is 0 Å². The molecular weight excluding hydrogens is 506 g/mol. The molecule has 6 rings (SSSR count). The molecule has 0 radical (unpaired) electrons. The number of piperidine rings is 3. The van der Waals surface area contributed by atoms with Crippen molar-refractivity contribution in [3.05, 3.63) is 96.1 Å². The number of benzene rings is 3. The van der Waals surface area contributed by atoms with E-state index in [1.165, 1.54) is 0 Å². The third-order valence-electron chi connectivity index (χ3n) is 7.97. The Morgan fingerprint density at radius 1 is 0.875 bits per heavy atom. The molecule has 8 heteroatoms. The lowest BCUT2D eigenvalue weighted by Gasteiger charge is -2.51. The first-order valence-electron chi connectivity index (χ1n) is 13.9. The lowest BCUT2D eigenvalue weighted by atomic mass is 9.82. The van der Waals surface area contributed by atoms with Crippen LogP contribution >= 0.6 is 0 Å². The molecule has 2 bridgehead atoms. The Bertz CT molecular complexity index is 1310. The molecular formula is C32H36N3O5+. The summed E-state index contributed by atoms with van der Waals surface area (Å²) in [5.74, 6) is 0.0458. The second-order valence-electron chi connectivity index (χ2n) is 10.6. The predicted octanol–water partition coefficient (Wildman–Crippen LogP) is 5.44. The van der Waals surface area contributed by atoms with Crippen LogP contribution in [0, 0.1) is 5.92 Å². The first-order chi connectivity index (χ1) is 19.4. The number of Topliss-reactive ketones (excluding diaryl/α,β-unsaturated/α-hetero) is 1. The number of ketones is 1. The van der Waals surface area contributed by atoms with Gasteiger partial charge in [0, 0.05) is 35.7 Å². The number of hydrogen-bond donors (Lipinski definition) is 2. The van der Waals surface area contributed by atoms with Gasteiger partial charge in [-0.2, -0.15) is 0 Å². The first-order valence-corrected chi connectivity index (χ1v) is 13.9. The maximum atomic E-state index is 13.6. The topological polar surface area (TPSA) is 93.7 Å². The molecule has 208 valence electrons. The van der Waals surface area contributed by atoms with Gasteiger partial charge in [0.1, 0.15) is 13.1 Å². The fourth-order valence-corrected chi connectivity index (χ4v) is 5.84. The molecule has 0 aliphatic carbocycles. The fourth-order valence-electron chi connectivity index (χ4n) is 5.84. The number of rotatable bonds is 10. The van der Waals surface area contributed by atoms with E-state index >= 15 is 0 Å². The summed E-state index contributed by atoms with van der Waals surface area (Å²) in [5.41, 5.74) is 2.86. The van der Waals surface area contributed by atoms with E-state index in [1.54, 1.807) is 31.2 Å². The Labute approximate surface area is 234 Å². The average Bonchev–Trinajstić information content (AvgIpc) is 2.97. The molecule has 0 aromatic heterocycles. The Morgan fingerprint density at radius 2 is 1.52 bits per heavy atom. The zero-order chi connectivity index (χ0) is 28.0. The summed E-state index contributed by atoms with van der Waals surface area (Å²) >= 11 is 0. The van der Waals surface area contributed by atoms with E-state index in [2.05, 4.69) is 10.6 Å². The number of para-hydroxylation sites is 1. The van der Waals surface area contributed by atoms with Crippen LogP contribution in [0.15, 0.2) is 84.9 Å². The molecule has 2 atom stereocenters. The van der Waals surface area contributed by atoms with Gasteiger partial charge >= 0.3 is 12.1 Å². The third kappa shape index (κ3) is 6.51. The van der Waals surface area contributed by atoms with Crippen LogP contribution in [0.3, 0.4) is 0 Å². The lowest BCUT2D eigenvalue weighted by molar-refractivity contribution is -0.938. The van der Waals surface area contributed by atoms with Gasteiger partial charge in [-0.15, -0.1) is 0 Å². The van der Waals surface area contributed by atoms with Crippen molar-refractivity contribution < 1.29 is 28.3 Å². The smallest absolute Gasteiger partial charge is 0.411 e. The van der Waals surface area contributed by atoms with Crippen LogP contribution in [-0.2, 0) is 14.3 Å². The number of nitrogens with one attached hydrogen (secondary N) is 2. The van der Waals surface area contributed by atoms with Gasteiger partial charge in [-0.1, -0.05) is 48.5 Å². The summed E-state index contributed by atoms with van der Waals surface area (Å²) in [6.45, 7) is 4.82. The molecule has 3 aliphatic rings. The summed E-state index contributed by atoms with van der Waals surface area (Å²) in [4.78, 5) is 38.6. The number of anilines is 2. The van der Waals surface area contributed by atoms with Crippen molar-refractivity contribution in [1.29, 1.82) is 0 Å². The summed E-state index contributed by atoms with van der Waals surface area (Å²) < 4.78 is 11.7. The van der Waals surface area contributed by atoms with E-state index < -0.39 is 12.1 Å². The first kappa shape index (κ1) is 27.4. The molecule has 8 nitrogen and oxygen atoms in total. The number of quaternary nitrogens is 1. The highest BCUT2D eigenvalue weighted by Crippen LogP contribution is 2.37. The van der Waals surface area contributed by atoms with Crippen molar-refractivity contribution in [2.75, 3.05) is 43.4 Å². The Morgan fingerprint density at radius 3 is 2.17 bits per heavy atom. The molecule has 3 aromatic carbocycles. The van der Waals surface area contributed by atoms with E-state index in [-0.39, 0.29) is 24.5 Å². The molecule has 3 fully saturated rings. The standard InChI is InChI=1S/C32H35N3O5/c1-2-39-32(38)34-27-15-13-23(14-16-27)28(36)21-35-19-17-24(18-20-35)29(22-35)40-31(37)30(25-9-5-3-6-10-25)33-26-11-7-4-8-12-26/h3-16,24,29-30,33H,2,17-22H2,1H3/p+1/t24?,29-,30+,35?/m0/s1. The predicted molar refractivity (Wildman–Crippen MR) is 153 cm³/mol. The molecule has 3 aliphatic heterocycles. The van der Waals surface area contributed by atoms with Crippen molar-refractivity contribution in [3.63, 3.8) is 0 Å². The van der Waals surface area contributed by atoms with Crippen LogP contribution in [0.4, 0.5) is 16.2 Å². The van der Waals surface area contributed by atoms with E-state index in [0.29, 0.717) is 34.7 Å². The minimum absolute atomic E-state index is 0.0426. The number of ether oxygens (including phenoxy) is 2. The zero-order valence-electron chi connectivity index (χ0n) is 22.8. The quantitative estimate of drug-likeness (QED) is 0.201. The lowest BCUT2D eigenvalue weighted by Crippen LogP contribution is -2.65. The maximum absolute atomic E-state index is 13.6. The van der Waals surface area contributed by atoms with Gasteiger partial charge in [0.25, 0.3) is 0 Å². The Hall–Kier alpha value is -4.17. The molecule has 3 saturated heterocycles. The highest BCUT2D eigenvalue weighted by molar-refractivity contribution is 5.97. The molecule has 40 heavy (non-hydrogen) atoms. The number of nitrogens with zero attached hydrogens (tertiary/aromatic N) is 1. The summed E-state index contributed by atoms with van der Waals surface area (Å²) in [7, 11) is 0. The van der Waals surface area contributed by atoms with Gasteiger partial charge in [0.15, 0.2) is 12.1 Å². The molecule has 3 aromatic rings. The Kier molecular flexibility index (Phi) is 8.45. The van der Waals surface area contributed by atoms with Crippen molar-refractivity contribution in [1.82, 2.24) is 0 Å². The van der Waals surface area contributed by atoms with E-state index in [4.69, 9.17) is 9.47 Å². The highest BCUT2D eigenvalue weighted by atomic mass is 16.6. The van der Waals surface area contributed by atoms with Crippen LogP contribution in [0.2, 0.25) is 0 Å². The zero-order valence-corrected chi connectivity index (χ0v) is 22.8. The number of fused-ring (bicyclic) bond motifs is 3. The maximum Gasteiger partial charge on any atom is 0.411 e. The monoisotopic (exact) mass is 542 g/mol.